The van der Waals surface area contributed by atoms with Crippen LogP contribution in [-0.2, 0) is 6.18 Å². The Morgan fingerprint density at radius 1 is 0.519 bits per heavy atom. The Hall–Kier alpha value is -3.07. The summed E-state index contributed by atoms with van der Waals surface area (Å²) in [7, 11) is 0. The molecule has 0 aliphatic carbocycles. The summed E-state index contributed by atoms with van der Waals surface area (Å²) in [6.07, 6.45) is -4.33. The van der Waals surface area contributed by atoms with E-state index in [1.165, 1.54) is 22.4 Å². The predicted octanol–water partition coefficient (Wildman–Crippen LogP) is 7.63. The van der Waals surface area contributed by atoms with Gasteiger partial charge in [0.05, 0.1) is 5.56 Å². The summed E-state index contributed by atoms with van der Waals surface area (Å²) >= 11 is 0. The molecule has 0 atom stereocenters. The van der Waals surface area contributed by atoms with Crippen molar-refractivity contribution in [3.63, 3.8) is 0 Å². The fraction of sp³-hybridized carbons (Fsp3) is 0.0833. The Labute approximate surface area is 153 Å². The zero-order chi connectivity index (χ0) is 18.8. The van der Waals surface area contributed by atoms with E-state index in [2.05, 4.69) is 43.3 Å². The lowest BCUT2D eigenvalue weighted by atomic mass is 9.93. The minimum atomic E-state index is -4.33. The smallest absolute Gasteiger partial charge is 0.166 e. The second-order valence-corrected chi connectivity index (χ2v) is 7.05. The highest BCUT2D eigenvalue weighted by Gasteiger charge is 2.30. The SMILES string of the molecule is Cc1ccc2c(ccc3c2ccc2c4ccc(C(F)(F)F)cc4ccc23)c1. The molecule has 0 bridgehead atoms. The molecule has 5 aromatic rings. The van der Waals surface area contributed by atoms with Gasteiger partial charge < -0.3 is 0 Å². The van der Waals surface area contributed by atoms with E-state index in [1.54, 1.807) is 12.1 Å². The molecule has 0 fully saturated rings. The highest BCUT2D eigenvalue weighted by molar-refractivity contribution is 6.22. The van der Waals surface area contributed by atoms with Crippen LogP contribution >= 0.6 is 0 Å². The van der Waals surface area contributed by atoms with Crippen LogP contribution in [0, 0.1) is 6.92 Å². The van der Waals surface area contributed by atoms with Gasteiger partial charge in [-0.05, 0) is 62.1 Å². The van der Waals surface area contributed by atoms with Crippen LogP contribution in [0.25, 0.3) is 43.1 Å². The fourth-order valence-electron chi connectivity index (χ4n) is 4.00. The van der Waals surface area contributed by atoms with Gasteiger partial charge >= 0.3 is 6.18 Å². The van der Waals surface area contributed by atoms with Crippen molar-refractivity contribution in [2.24, 2.45) is 0 Å². The molecule has 0 aromatic heterocycles. The second-order valence-electron chi connectivity index (χ2n) is 7.05. The Morgan fingerprint density at radius 2 is 0.963 bits per heavy atom. The molecular formula is C24H15F3. The lowest BCUT2D eigenvalue weighted by molar-refractivity contribution is -0.137. The van der Waals surface area contributed by atoms with E-state index in [0.29, 0.717) is 5.39 Å². The highest BCUT2D eigenvalue weighted by atomic mass is 19.4. The molecule has 0 N–H and O–H groups in total. The summed E-state index contributed by atoms with van der Waals surface area (Å²) < 4.78 is 39.0. The minimum Gasteiger partial charge on any atom is -0.166 e. The maximum atomic E-state index is 13.0. The van der Waals surface area contributed by atoms with Crippen molar-refractivity contribution < 1.29 is 13.2 Å². The minimum absolute atomic E-state index is 0.605. The summed E-state index contributed by atoms with van der Waals surface area (Å²) in [5, 5.41) is 8.13. The third kappa shape index (κ3) is 2.46. The zero-order valence-electron chi connectivity index (χ0n) is 14.6. The van der Waals surface area contributed by atoms with Crippen LogP contribution in [0.1, 0.15) is 11.1 Å². The molecular weight excluding hydrogens is 345 g/mol. The summed E-state index contributed by atoms with van der Waals surface area (Å²) in [6.45, 7) is 2.07. The van der Waals surface area contributed by atoms with Crippen LogP contribution < -0.4 is 0 Å². The van der Waals surface area contributed by atoms with Gasteiger partial charge in [0.2, 0.25) is 0 Å². The maximum Gasteiger partial charge on any atom is 0.416 e. The first-order chi connectivity index (χ1) is 12.9. The van der Waals surface area contributed by atoms with Gasteiger partial charge in [-0.1, -0.05) is 66.2 Å². The monoisotopic (exact) mass is 360 g/mol. The van der Waals surface area contributed by atoms with E-state index in [-0.39, 0.29) is 0 Å². The summed E-state index contributed by atoms with van der Waals surface area (Å²) in [4.78, 5) is 0. The van der Waals surface area contributed by atoms with Crippen LogP contribution in [0.5, 0.6) is 0 Å². The molecule has 0 radical (unpaired) electrons. The predicted molar refractivity (Wildman–Crippen MR) is 106 cm³/mol. The van der Waals surface area contributed by atoms with Gasteiger partial charge in [-0.2, -0.15) is 13.2 Å². The molecule has 132 valence electrons. The van der Waals surface area contributed by atoms with Gasteiger partial charge in [0, 0.05) is 0 Å². The van der Waals surface area contributed by atoms with Crippen molar-refractivity contribution in [3.8, 4) is 0 Å². The third-order valence-electron chi connectivity index (χ3n) is 5.31. The second kappa shape index (κ2) is 5.46. The van der Waals surface area contributed by atoms with Gasteiger partial charge in [-0.25, -0.2) is 0 Å². The van der Waals surface area contributed by atoms with Gasteiger partial charge in [-0.15, -0.1) is 0 Å². The van der Waals surface area contributed by atoms with Crippen molar-refractivity contribution in [1.82, 2.24) is 0 Å². The maximum absolute atomic E-state index is 13.0. The van der Waals surface area contributed by atoms with Crippen molar-refractivity contribution in [1.29, 1.82) is 0 Å². The van der Waals surface area contributed by atoms with E-state index in [1.807, 2.05) is 12.1 Å². The number of rotatable bonds is 0. The van der Waals surface area contributed by atoms with Crippen molar-refractivity contribution in [2.45, 2.75) is 13.1 Å². The summed E-state index contributed by atoms with van der Waals surface area (Å²) in [5.74, 6) is 0. The quantitative estimate of drug-likeness (QED) is 0.249. The van der Waals surface area contributed by atoms with Crippen molar-refractivity contribution in [2.75, 3.05) is 0 Å². The van der Waals surface area contributed by atoms with Gasteiger partial charge in [-0.3, -0.25) is 0 Å². The van der Waals surface area contributed by atoms with Crippen LogP contribution in [0.2, 0.25) is 0 Å². The van der Waals surface area contributed by atoms with Crippen LogP contribution in [-0.4, -0.2) is 0 Å². The Balaban J connectivity index is 1.85. The van der Waals surface area contributed by atoms with E-state index in [9.17, 15) is 13.2 Å². The highest BCUT2D eigenvalue weighted by Crippen LogP contribution is 2.37. The molecule has 0 amide bonds. The molecule has 0 aliphatic rings. The van der Waals surface area contributed by atoms with E-state index in [0.717, 1.165) is 33.0 Å². The molecule has 3 heteroatoms. The lowest BCUT2D eigenvalue weighted by Gasteiger charge is -2.12. The topological polar surface area (TPSA) is 0 Å². The van der Waals surface area contributed by atoms with Crippen LogP contribution in [0.3, 0.4) is 0 Å². The largest absolute Gasteiger partial charge is 0.416 e. The Morgan fingerprint density at radius 3 is 1.56 bits per heavy atom. The molecule has 27 heavy (non-hydrogen) atoms. The summed E-state index contributed by atoms with van der Waals surface area (Å²) in [5.41, 5.74) is 0.602. The molecule has 5 aromatic carbocycles. The van der Waals surface area contributed by atoms with Crippen LogP contribution in [0.4, 0.5) is 13.2 Å². The molecule has 0 aliphatic heterocycles. The van der Waals surface area contributed by atoms with E-state index < -0.39 is 11.7 Å². The first kappa shape index (κ1) is 16.1. The Kier molecular flexibility index (Phi) is 3.26. The molecule has 0 saturated carbocycles. The molecule has 0 nitrogen and oxygen atoms in total. The third-order valence-corrected chi connectivity index (χ3v) is 5.31. The van der Waals surface area contributed by atoms with Gasteiger partial charge in [0.15, 0.2) is 0 Å². The molecule has 0 saturated heterocycles. The molecule has 5 rings (SSSR count). The lowest BCUT2D eigenvalue weighted by Crippen LogP contribution is -2.04. The number of hydrogen-bond donors (Lipinski definition) is 0. The fourth-order valence-corrected chi connectivity index (χ4v) is 4.00. The number of fused-ring (bicyclic) bond motifs is 7. The number of halogens is 3. The molecule has 0 unspecified atom stereocenters. The average Bonchev–Trinajstić information content (AvgIpc) is 2.65. The van der Waals surface area contributed by atoms with E-state index >= 15 is 0 Å². The van der Waals surface area contributed by atoms with Crippen molar-refractivity contribution in [3.05, 3.63) is 83.9 Å². The van der Waals surface area contributed by atoms with Gasteiger partial charge in [0.25, 0.3) is 0 Å². The zero-order valence-corrected chi connectivity index (χ0v) is 14.6. The first-order valence-electron chi connectivity index (χ1n) is 8.78. The number of aryl methyl sites for hydroxylation is 1. The average molecular weight is 360 g/mol. The molecule has 0 spiro atoms. The number of benzene rings is 5. The van der Waals surface area contributed by atoms with Crippen LogP contribution in [0.15, 0.2) is 72.8 Å². The van der Waals surface area contributed by atoms with E-state index in [4.69, 9.17) is 0 Å². The number of hydrogen-bond acceptors (Lipinski definition) is 0. The Bertz CT molecular complexity index is 1360. The summed E-state index contributed by atoms with van der Waals surface area (Å²) in [6, 6.07) is 22.4. The standard InChI is InChI=1S/C24H15F3/c1-14-2-6-18-15(12-14)3-7-22-20(18)10-11-21-19-9-5-17(24(25,26)27)13-16(19)4-8-23(21)22/h2-13H,1H3. The number of alkyl halides is 3. The molecule has 0 heterocycles. The van der Waals surface area contributed by atoms with Gasteiger partial charge in [0.1, 0.15) is 0 Å². The first-order valence-corrected chi connectivity index (χ1v) is 8.78. The van der Waals surface area contributed by atoms with Crippen molar-refractivity contribution >= 4 is 43.1 Å². The normalized spacial score (nSPS) is 12.4.